The molecule has 0 amide bonds. The Hall–Kier alpha value is -5.70. The van der Waals surface area contributed by atoms with Gasteiger partial charge in [-0.3, -0.25) is 0 Å². The zero-order valence-corrected chi connectivity index (χ0v) is 25.8. The van der Waals surface area contributed by atoms with Crippen molar-refractivity contribution >= 4 is 74.9 Å². The number of hydrogen-bond acceptors (Lipinski definition) is 1. The van der Waals surface area contributed by atoms with Crippen molar-refractivity contribution in [3.8, 4) is 27.9 Å². The molecule has 0 bridgehead atoms. The van der Waals surface area contributed by atoms with Crippen LogP contribution in [0.4, 0.5) is 0 Å². The lowest BCUT2D eigenvalue weighted by Crippen LogP contribution is -1.95. The van der Waals surface area contributed by atoms with Gasteiger partial charge in [-0.1, -0.05) is 115 Å². The first-order chi connectivity index (χ1) is 22.8. The van der Waals surface area contributed by atoms with Crippen molar-refractivity contribution in [2.24, 2.45) is 0 Å². The highest BCUT2D eigenvalue weighted by atomic mass is 32.1. The van der Waals surface area contributed by atoms with Gasteiger partial charge in [-0.15, -0.1) is 11.3 Å². The number of benzene rings is 8. The monoisotopic (exact) mass is 601 g/mol. The number of rotatable bonds is 3. The lowest BCUT2D eigenvalue weighted by atomic mass is 9.96. The summed E-state index contributed by atoms with van der Waals surface area (Å²) in [6, 6.07) is 60.2. The number of fused-ring (bicyclic) bond motifs is 9. The van der Waals surface area contributed by atoms with Crippen LogP contribution in [0.25, 0.3) is 91.5 Å². The van der Waals surface area contributed by atoms with Crippen LogP contribution in [0.5, 0.6) is 0 Å². The van der Waals surface area contributed by atoms with Gasteiger partial charge in [0.25, 0.3) is 0 Å². The van der Waals surface area contributed by atoms with E-state index in [1.807, 2.05) is 11.3 Å². The molecule has 0 aliphatic heterocycles. The largest absolute Gasteiger partial charge is 0.309 e. The van der Waals surface area contributed by atoms with Crippen LogP contribution in [0.2, 0.25) is 0 Å². The van der Waals surface area contributed by atoms with Crippen molar-refractivity contribution in [3.63, 3.8) is 0 Å². The Morgan fingerprint density at radius 2 is 0.935 bits per heavy atom. The summed E-state index contributed by atoms with van der Waals surface area (Å²) in [5, 5.41) is 10.4. The third-order valence-electron chi connectivity index (χ3n) is 9.57. The lowest BCUT2D eigenvalue weighted by molar-refractivity contribution is 1.20. The van der Waals surface area contributed by atoms with E-state index in [0.29, 0.717) is 0 Å². The maximum atomic E-state index is 2.43. The van der Waals surface area contributed by atoms with Crippen LogP contribution in [-0.4, -0.2) is 4.57 Å². The van der Waals surface area contributed by atoms with Gasteiger partial charge in [-0.2, -0.15) is 0 Å². The zero-order chi connectivity index (χ0) is 30.2. The van der Waals surface area contributed by atoms with Gasteiger partial charge in [0.15, 0.2) is 0 Å². The summed E-state index contributed by atoms with van der Waals surface area (Å²) < 4.78 is 5.10. The van der Waals surface area contributed by atoms with Crippen molar-refractivity contribution in [2.45, 2.75) is 0 Å². The fraction of sp³-hybridized carbons (Fsp3) is 0. The molecular formula is C44H27NS. The van der Waals surface area contributed by atoms with Gasteiger partial charge >= 0.3 is 0 Å². The van der Waals surface area contributed by atoms with Gasteiger partial charge in [0, 0.05) is 36.3 Å². The molecule has 1 nitrogen and oxygen atoms in total. The average Bonchev–Trinajstić information content (AvgIpc) is 3.67. The zero-order valence-electron chi connectivity index (χ0n) is 24.9. The van der Waals surface area contributed by atoms with Gasteiger partial charge < -0.3 is 4.57 Å². The standard InChI is InChI=1S/C44H27NS/c1-3-14-34-28(9-1)11-8-18-39(34)45-40-17-6-5-16-36(40)37-26-32(19-22-41(37)45)30-12-7-13-31(25-30)33-21-23-42-38(27-33)44-35-15-4-2-10-29(35)20-24-43(44)46-42/h1-27H. The van der Waals surface area contributed by atoms with Crippen molar-refractivity contribution < 1.29 is 0 Å². The van der Waals surface area contributed by atoms with E-state index >= 15 is 0 Å². The highest BCUT2D eigenvalue weighted by Crippen LogP contribution is 2.41. The minimum Gasteiger partial charge on any atom is -0.309 e. The van der Waals surface area contributed by atoms with Crippen LogP contribution < -0.4 is 0 Å². The fourth-order valence-corrected chi connectivity index (χ4v) is 8.52. The summed E-state index contributed by atoms with van der Waals surface area (Å²) in [6.07, 6.45) is 0. The minimum atomic E-state index is 1.21. The molecule has 0 saturated carbocycles. The van der Waals surface area contributed by atoms with Crippen LogP contribution in [-0.2, 0) is 0 Å². The Bertz CT molecular complexity index is 2810. The van der Waals surface area contributed by atoms with E-state index < -0.39 is 0 Å². The quantitative estimate of drug-likeness (QED) is 0.190. The second-order valence-corrected chi connectivity index (χ2v) is 13.2. The first-order valence-electron chi connectivity index (χ1n) is 15.8. The van der Waals surface area contributed by atoms with Crippen molar-refractivity contribution in [3.05, 3.63) is 164 Å². The molecule has 0 atom stereocenters. The van der Waals surface area contributed by atoms with E-state index in [0.717, 1.165) is 0 Å². The second kappa shape index (κ2) is 9.90. The van der Waals surface area contributed by atoms with Gasteiger partial charge in [0.1, 0.15) is 0 Å². The number of nitrogens with zero attached hydrogens (tertiary/aromatic N) is 1. The number of thiophene rings is 1. The molecule has 0 aliphatic rings. The number of hydrogen-bond donors (Lipinski definition) is 0. The van der Waals surface area contributed by atoms with E-state index in [2.05, 4.69) is 168 Å². The molecule has 0 unspecified atom stereocenters. The predicted molar refractivity (Wildman–Crippen MR) is 200 cm³/mol. The minimum absolute atomic E-state index is 1.21. The van der Waals surface area contributed by atoms with E-state index in [4.69, 9.17) is 0 Å². The Kier molecular flexibility index (Phi) is 5.51. The lowest BCUT2D eigenvalue weighted by Gasteiger charge is -2.12. The van der Waals surface area contributed by atoms with Crippen molar-refractivity contribution in [1.29, 1.82) is 0 Å². The molecule has 0 spiro atoms. The smallest absolute Gasteiger partial charge is 0.0541 e. The molecule has 10 rings (SSSR count). The Morgan fingerprint density at radius 1 is 0.348 bits per heavy atom. The summed E-state index contributed by atoms with van der Waals surface area (Å²) in [5.74, 6) is 0. The summed E-state index contributed by atoms with van der Waals surface area (Å²) >= 11 is 1.88. The highest BCUT2D eigenvalue weighted by molar-refractivity contribution is 7.26. The van der Waals surface area contributed by atoms with E-state index in [1.165, 1.54) is 91.5 Å². The van der Waals surface area contributed by atoms with Crippen LogP contribution in [0.1, 0.15) is 0 Å². The molecule has 2 aromatic heterocycles. The summed E-state index contributed by atoms with van der Waals surface area (Å²) in [5.41, 5.74) is 8.59. The number of para-hydroxylation sites is 1. The Balaban J connectivity index is 1.13. The average molecular weight is 602 g/mol. The van der Waals surface area contributed by atoms with Crippen molar-refractivity contribution in [2.75, 3.05) is 0 Å². The van der Waals surface area contributed by atoms with Crippen molar-refractivity contribution in [1.82, 2.24) is 4.57 Å². The maximum absolute atomic E-state index is 2.43. The third kappa shape index (κ3) is 3.81. The second-order valence-electron chi connectivity index (χ2n) is 12.1. The van der Waals surface area contributed by atoms with E-state index in [-0.39, 0.29) is 0 Å². The highest BCUT2D eigenvalue weighted by Gasteiger charge is 2.15. The maximum Gasteiger partial charge on any atom is 0.0541 e. The molecule has 10 aromatic rings. The Morgan fingerprint density at radius 3 is 1.78 bits per heavy atom. The number of aromatic nitrogens is 1. The Labute approximate surface area is 270 Å². The van der Waals surface area contributed by atoms with Gasteiger partial charge in [-0.05, 0) is 86.9 Å². The van der Waals surface area contributed by atoms with Gasteiger partial charge in [0.2, 0.25) is 0 Å². The third-order valence-corrected chi connectivity index (χ3v) is 10.7. The molecule has 8 aromatic carbocycles. The topological polar surface area (TPSA) is 4.93 Å². The molecule has 0 radical (unpaired) electrons. The van der Waals surface area contributed by atoms with Crippen LogP contribution in [0.3, 0.4) is 0 Å². The molecule has 46 heavy (non-hydrogen) atoms. The first-order valence-corrected chi connectivity index (χ1v) is 16.6. The van der Waals surface area contributed by atoms with Gasteiger partial charge in [0.05, 0.1) is 16.7 Å². The van der Waals surface area contributed by atoms with E-state index in [9.17, 15) is 0 Å². The van der Waals surface area contributed by atoms with E-state index in [1.54, 1.807) is 0 Å². The summed E-state index contributed by atoms with van der Waals surface area (Å²) in [7, 11) is 0. The van der Waals surface area contributed by atoms with Crippen LogP contribution >= 0.6 is 11.3 Å². The molecule has 0 fully saturated rings. The fourth-order valence-electron chi connectivity index (χ4n) is 7.42. The first kappa shape index (κ1) is 25.6. The molecule has 0 aliphatic carbocycles. The van der Waals surface area contributed by atoms with Gasteiger partial charge in [-0.25, -0.2) is 0 Å². The normalized spacial score (nSPS) is 11.9. The molecule has 214 valence electrons. The molecule has 2 heteroatoms. The van der Waals surface area contributed by atoms with Crippen LogP contribution in [0.15, 0.2) is 164 Å². The summed E-state index contributed by atoms with van der Waals surface area (Å²) in [6.45, 7) is 0. The SMILES string of the molecule is c1cc(-c2ccc3sc4ccc5ccccc5c4c3c2)cc(-c2ccc3c(c2)c2ccccc2n3-c2cccc3ccccc23)c1. The molecular weight excluding hydrogens is 575 g/mol. The molecule has 0 saturated heterocycles. The molecule has 2 heterocycles. The summed E-state index contributed by atoms with van der Waals surface area (Å²) in [4.78, 5) is 0. The predicted octanol–water partition coefficient (Wildman–Crippen LogP) is 12.8. The molecule has 0 N–H and O–H groups in total. The van der Waals surface area contributed by atoms with Crippen LogP contribution in [0, 0.1) is 0 Å².